The highest BCUT2D eigenvalue weighted by Crippen LogP contribution is 2.27. The van der Waals surface area contributed by atoms with Gasteiger partial charge in [0, 0.05) is 30.6 Å². The first-order valence-corrected chi connectivity index (χ1v) is 11.0. The Hall–Kier alpha value is -2.62. The maximum Gasteiger partial charge on any atom is 0.257 e. The van der Waals surface area contributed by atoms with Gasteiger partial charge in [-0.3, -0.25) is 10.1 Å². The number of aromatic nitrogens is 1. The summed E-state index contributed by atoms with van der Waals surface area (Å²) in [5, 5.41) is 4.83. The summed E-state index contributed by atoms with van der Waals surface area (Å²) in [6.45, 7) is 4.04. The van der Waals surface area contributed by atoms with Crippen LogP contribution in [0.4, 0.5) is 9.52 Å². The lowest BCUT2D eigenvalue weighted by atomic mass is 10.1. The number of carbonyl (C=O) groups excluding carboxylic acids is 1. The number of aryl methyl sites for hydroxylation is 2. The molecule has 6 nitrogen and oxygen atoms in total. The molecule has 3 aromatic rings. The summed E-state index contributed by atoms with van der Waals surface area (Å²) in [6.07, 6.45) is 0. The minimum atomic E-state index is -4.01. The van der Waals surface area contributed by atoms with E-state index >= 15 is 0 Å². The molecule has 0 aliphatic carbocycles. The highest BCUT2D eigenvalue weighted by Gasteiger charge is 2.23. The molecule has 1 heterocycles. The van der Waals surface area contributed by atoms with Crippen LogP contribution < -0.4 is 5.32 Å². The maximum absolute atomic E-state index is 14.0. The van der Waals surface area contributed by atoms with E-state index in [1.807, 2.05) is 37.4 Å². The first kappa shape index (κ1) is 21.1. The van der Waals surface area contributed by atoms with Gasteiger partial charge in [-0.1, -0.05) is 12.1 Å². The van der Waals surface area contributed by atoms with Gasteiger partial charge in [0.2, 0.25) is 10.0 Å². The Bertz CT molecular complexity index is 1190. The van der Waals surface area contributed by atoms with Crippen LogP contribution in [0, 0.1) is 19.7 Å². The number of amides is 1. The molecule has 0 fully saturated rings. The molecule has 0 bridgehead atoms. The van der Waals surface area contributed by atoms with Gasteiger partial charge < -0.3 is 0 Å². The summed E-state index contributed by atoms with van der Waals surface area (Å²) < 4.78 is 39.4. The number of benzene rings is 2. The summed E-state index contributed by atoms with van der Waals surface area (Å²) in [7, 11) is -1.42. The van der Waals surface area contributed by atoms with E-state index in [-0.39, 0.29) is 5.56 Å². The Balaban J connectivity index is 1.84. The molecule has 0 radical (unpaired) electrons. The quantitative estimate of drug-likeness (QED) is 0.658. The van der Waals surface area contributed by atoms with E-state index in [0.29, 0.717) is 5.13 Å². The van der Waals surface area contributed by atoms with Crippen molar-refractivity contribution in [2.75, 3.05) is 19.4 Å². The maximum atomic E-state index is 14.0. The molecule has 0 saturated heterocycles. The van der Waals surface area contributed by atoms with Gasteiger partial charge in [0.1, 0.15) is 10.7 Å². The predicted octanol–water partition coefficient (Wildman–Crippen LogP) is 4.07. The summed E-state index contributed by atoms with van der Waals surface area (Å²) in [5.74, 6) is -1.48. The lowest BCUT2D eigenvalue weighted by Crippen LogP contribution is -2.24. The lowest BCUT2D eigenvalue weighted by Gasteiger charge is -2.13. The number of rotatable bonds is 5. The largest absolute Gasteiger partial charge is 0.298 e. The van der Waals surface area contributed by atoms with Gasteiger partial charge in [0.25, 0.3) is 5.91 Å². The average Bonchev–Trinajstić information content (AvgIpc) is 3.12. The van der Waals surface area contributed by atoms with E-state index in [2.05, 4.69) is 10.3 Å². The molecule has 29 heavy (non-hydrogen) atoms. The van der Waals surface area contributed by atoms with E-state index in [0.717, 1.165) is 33.3 Å². The topological polar surface area (TPSA) is 79.4 Å². The third kappa shape index (κ3) is 4.36. The molecule has 9 heteroatoms. The van der Waals surface area contributed by atoms with Crippen LogP contribution in [0.1, 0.15) is 21.5 Å². The lowest BCUT2D eigenvalue weighted by molar-refractivity contribution is 0.102. The molecule has 0 atom stereocenters. The highest BCUT2D eigenvalue weighted by atomic mass is 32.2. The first-order chi connectivity index (χ1) is 13.6. The zero-order valence-corrected chi connectivity index (χ0v) is 18.0. The van der Waals surface area contributed by atoms with Crippen molar-refractivity contribution < 1.29 is 17.6 Å². The van der Waals surface area contributed by atoms with Crippen molar-refractivity contribution in [3.63, 3.8) is 0 Å². The van der Waals surface area contributed by atoms with Crippen LogP contribution in [0.3, 0.4) is 0 Å². The highest BCUT2D eigenvalue weighted by molar-refractivity contribution is 7.89. The van der Waals surface area contributed by atoms with Crippen LogP contribution in [0.25, 0.3) is 11.3 Å². The Labute approximate surface area is 173 Å². The number of hydrogen-bond acceptors (Lipinski definition) is 5. The normalized spacial score (nSPS) is 11.7. The SMILES string of the molecule is Cc1ccc(-c2csc(NC(=O)c3ccc(F)c(S(=O)(=O)N(C)C)c3)n2)cc1C. The average molecular weight is 434 g/mol. The second-order valence-corrected chi connectivity index (χ2v) is 9.70. The molecular weight excluding hydrogens is 413 g/mol. The van der Waals surface area contributed by atoms with Gasteiger partial charge in [0.05, 0.1) is 5.69 Å². The molecule has 152 valence electrons. The van der Waals surface area contributed by atoms with Crippen molar-refractivity contribution in [3.8, 4) is 11.3 Å². The molecule has 1 N–H and O–H groups in total. The number of nitrogens with zero attached hydrogens (tertiary/aromatic N) is 2. The van der Waals surface area contributed by atoms with E-state index in [9.17, 15) is 17.6 Å². The summed E-state index contributed by atoms with van der Waals surface area (Å²) >= 11 is 1.25. The molecule has 0 aliphatic heterocycles. The third-order valence-corrected chi connectivity index (χ3v) is 7.07. The van der Waals surface area contributed by atoms with Gasteiger partial charge in [-0.05, 0) is 49.2 Å². The van der Waals surface area contributed by atoms with Crippen molar-refractivity contribution in [2.24, 2.45) is 0 Å². The molecule has 0 aliphatic rings. The third-order valence-electron chi connectivity index (χ3n) is 4.48. The monoisotopic (exact) mass is 433 g/mol. The number of halogens is 1. The zero-order valence-electron chi connectivity index (χ0n) is 16.4. The predicted molar refractivity (Wildman–Crippen MR) is 112 cm³/mol. The fraction of sp³-hybridized carbons (Fsp3) is 0.200. The molecule has 0 unspecified atom stereocenters. The number of nitrogens with one attached hydrogen (secondary N) is 1. The molecule has 1 aromatic heterocycles. The Morgan fingerprint density at radius 3 is 2.48 bits per heavy atom. The van der Waals surface area contributed by atoms with Crippen LogP contribution >= 0.6 is 11.3 Å². The number of anilines is 1. The Morgan fingerprint density at radius 2 is 1.83 bits per heavy atom. The van der Waals surface area contributed by atoms with Crippen LogP contribution in [-0.4, -0.2) is 37.7 Å². The van der Waals surface area contributed by atoms with Crippen LogP contribution in [0.2, 0.25) is 0 Å². The van der Waals surface area contributed by atoms with Crippen LogP contribution in [0.15, 0.2) is 46.7 Å². The number of carbonyl (C=O) groups is 1. The van der Waals surface area contributed by atoms with E-state index < -0.39 is 26.6 Å². The molecule has 3 rings (SSSR count). The van der Waals surface area contributed by atoms with Crippen molar-refractivity contribution in [2.45, 2.75) is 18.7 Å². The van der Waals surface area contributed by atoms with Crippen molar-refractivity contribution in [1.82, 2.24) is 9.29 Å². The molecule has 0 saturated carbocycles. The van der Waals surface area contributed by atoms with E-state index in [4.69, 9.17) is 0 Å². The second-order valence-electron chi connectivity index (χ2n) is 6.72. The second kappa shape index (κ2) is 8.02. The summed E-state index contributed by atoms with van der Waals surface area (Å²) in [5.41, 5.74) is 4.00. The number of sulfonamides is 1. The fourth-order valence-corrected chi connectivity index (χ4v) is 4.27. The standard InChI is InChI=1S/C20H20FN3O3S2/c1-12-5-6-14(9-13(12)2)17-11-28-20(22-17)23-19(25)15-7-8-16(21)18(10-15)29(26,27)24(3)4/h5-11H,1-4H3,(H,22,23,25). The molecule has 1 amide bonds. The van der Waals surface area contributed by atoms with Gasteiger partial charge in [-0.15, -0.1) is 11.3 Å². The fourth-order valence-electron chi connectivity index (χ4n) is 2.57. The van der Waals surface area contributed by atoms with E-state index in [1.165, 1.54) is 37.1 Å². The van der Waals surface area contributed by atoms with E-state index in [1.54, 1.807) is 0 Å². The molecular formula is C20H20FN3O3S2. The summed E-state index contributed by atoms with van der Waals surface area (Å²) in [4.78, 5) is 16.4. The minimum Gasteiger partial charge on any atom is -0.298 e. The first-order valence-electron chi connectivity index (χ1n) is 8.66. The number of thiazole rings is 1. The Morgan fingerprint density at radius 1 is 1.10 bits per heavy atom. The minimum absolute atomic E-state index is 0.0229. The van der Waals surface area contributed by atoms with Crippen LogP contribution in [-0.2, 0) is 10.0 Å². The summed E-state index contributed by atoms with van der Waals surface area (Å²) in [6, 6.07) is 9.21. The molecule has 2 aromatic carbocycles. The molecule has 0 spiro atoms. The number of hydrogen-bond donors (Lipinski definition) is 1. The van der Waals surface area contributed by atoms with Crippen molar-refractivity contribution in [3.05, 3.63) is 64.3 Å². The van der Waals surface area contributed by atoms with Crippen molar-refractivity contribution >= 4 is 32.4 Å². The van der Waals surface area contributed by atoms with Crippen molar-refractivity contribution in [1.29, 1.82) is 0 Å². The smallest absolute Gasteiger partial charge is 0.257 e. The van der Waals surface area contributed by atoms with Crippen LogP contribution in [0.5, 0.6) is 0 Å². The van der Waals surface area contributed by atoms with Gasteiger partial charge in [-0.25, -0.2) is 22.1 Å². The van der Waals surface area contributed by atoms with Gasteiger partial charge in [0.15, 0.2) is 5.13 Å². The van der Waals surface area contributed by atoms with Gasteiger partial charge >= 0.3 is 0 Å². The Kier molecular flexibility index (Phi) is 5.83. The zero-order chi connectivity index (χ0) is 21.3. The van der Waals surface area contributed by atoms with Gasteiger partial charge in [-0.2, -0.15) is 0 Å².